The van der Waals surface area contributed by atoms with E-state index in [2.05, 4.69) is 9.97 Å². The summed E-state index contributed by atoms with van der Waals surface area (Å²) in [4.78, 5) is 29.7. The van der Waals surface area contributed by atoms with Gasteiger partial charge in [-0.25, -0.2) is 9.78 Å². The molecule has 0 saturated carbocycles. The second-order valence-electron chi connectivity index (χ2n) is 4.76. The van der Waals surface area contributed by atoms with Crippen molar-refractivity contribution in [1.82, 2.24) is 14.4 Å². The maximum Gasteiger partial charge on any atom is 0.417 e. The molecular weight excluding hydrogens is 306 g/mol. The Kier molecular flexibility index (Phi) is 2.67. The van der Waals surface area contributed by atoms with Crippen molar-refractivity contribution in [2.75, 3.05) is 0 Å². The van der Waals surface area contributed by atoms with Gasteiger partial charge in [0.05, 0.1) is 10.5 Å². The van der Waals surface area contributed by atoms with E-state index in [0.29, 0.717) is 38.7 Å². The van der Waals surface area contributed by atoms with Gasteiger partial charge in [0.25, 0.3) is 0 Å². The third kappa shape index (κ3) is 1.85. The Morgan fingerprint density at radius 3 is 2.95 bits per heavy atom. The Morgan fingerprint density at radius 2 is 2.14 bits per heavy atom. The van der Waals surface area contributed by atoms with Gasteiger partial charge in [-0.2, -0.15) is 0 Å². The molecule has 0 aliphatic rings. The molecule has 1 N–H and O–H groups in total. The van der Waals surface area contributed by atoms with Crippen LogP contribution in [0.15, 0.2) is 45.7 Å². The summed E-state index contributed by atoms with van der Waals surface area (Å²) in [5.74, 6) is -0.524. The van der Waals surface area contributed by atoms with Crippen LogP contribution >= 0.6 is 11.6 Å². The average molecular weight is 314 g/mol. The van der Waals surface area contributed by atoms with E-state index in [-0.39, 0.29) is 0 Å². The molecule has 6 nitrogen and oxygen atoms in total. The highest BCUT2D eigenvalue weighted by Crippen LogP contribution is 2.27. The molecule has 0 bridgehead atoms. The van der Waals surface area contributed by atoms with E-state index in [1.807, 2.05) is 0 Å². The number of aromatic nitrogens is 3. The van der Waals surface area contributed by atoms with Crippen LogP contribution < -0.4 is 5.76 Å². The predicted octanol–water partition coefficient (Wildman–Crippen LogP) is 2.90. The number of hydrogen-bond donors (Lipinski definition) is 1. The van der Waals surface area contributed by atoms with Gasteiger partial charge in [0, 0.05) is 11.8 Å². The van der Waals surface area contributed by atoms with Gasteiger partial charge in [-0.3, -0.25) is 14.2 Å². The fourth-order valence-electron chi connectivity index (χ4n) is 2.45. The molecule has 1 aromatic carbocycles. The number of oxazole rings is 1. The van der Waals surface area contributed by atoms with Crippen molar-refractivity contribution in [1.29, 1.82) is 0 Å². The van der Waals surface area contributed by atoms with Gasteiger partial charge in [-0.1, -0.05) is 17.7 Å². The van der Waals surface area contributed by atoms with E-state index < -0.39 is 5.76 Å². The molecule has 0 fully saturated rings. The highest BCUT2D eigenvalue weighted by atomic mass is 35.5. The topological polar surface area (TPSA) is 80.4 Å². The van der Waals surface area contributed by atoms with Crippen LogP contribution in [-0.2, 0) is 0 Å². The molecule has 0 unspecified atom stereocenters. The Bertz CT molecular complexity index is 1090. The Morgan fingerprint density at radius 1 is 1.27 bits per heavy atom. The van der Waals surface area contributed by atoms with Gasteiger partial charge in [0.1, 0.15) is 17.0 Å². The van der Waals surface area contributed by atoms with Gasteiger partial charge in [0.2, 0.25) is 0 Å². The highest BCUT2D eigenvalue weighted by Gasteiger charge is 2.15. The summed E-state index contributed by atoms with van der Waals surface area (Å²) < 4.78 is 6.67. The molecule has 3 heterocycles. The van der Waals surface area contributed by atoms with Crippen LogP contribution in [0.1, 0.15) is 10.5 Å². The molecule has 4 aromatic rings. The molecule has 0 aliphatic carbocycles. The number of pyridine rings is 1. The summed E-state index contributed by atoms with van der Waals surface area (Å²) in [6.07, 6.45) is 2.36. The van der Waals surface area contributed by atoms with Gasteiger partial charge in [-0.15, -0.1) is 0 Å². The minimum Gasteiger partial charge on any atom is -0.408 e. The van der Waals surface area contributed by atoms with E-state index in [1.54, 1.807) is 40.9 Å². The lowest BCUT2D eigenvalue weighted by molar-refractivity contribution is 0.111. The zero-order chi connectivity index (χ0) is 15.3. The third-order valence-corrected chi connectivity index (χ3v) is 3.65. The summed E-state index contributed by atoms with van der Waals surface area (Å²) in [7, 11) is 0. The predicted molar refractivity (Wildman–Crippen MR) is 81.4 cm³/mol. The lowest BCUT2D eigenvalue weighted by Crippen LogP contribution is -1.92. The number of H-pyrrole nitrogens is 1. The first-order chi connectivity index (χ1) is 10.7. The number of fused-ring (bicyclic) bond motifs is 2. The summed E-state index contributed by atoms with van der Waals surface area (Å²) in [5, 5.41) is 0.506. The smallest absolute Gasteiger partial charge is 0.408 e. The number of aromatic amines is 1. The minimum absolute atomic E-state index is 0.384. The lowest BCUT2D eigenvalue weighted by atomic mass is 10.1. The lowest BCUT2D eigenvalue weighted by Gasteiger charge is -1.99. The molecule has 22 heavy (non-hydrogen) atoms. The molecule has 3 aromatic heterocycles. The van der Waals surface area contributed by atoms with Crippen molar-refractivity contribution < 1.29 is 9.21 Å². The molecule has 0 aliphatic heterocycles. The van der Waals surface area contributed by atoms with Crippen LogP contribution in [0.4, 0.5) is 0 Å². The zero-order valence-corrected chi connectivity index (χ0v) is 11.8. The molecule has 4 rings (SSSR count). The molecule has 108 valence electrons. The maximum atomic E-state index is 11.5. The van der Waals surface area contributed by atoms with Crippen LogP contribution in [0, 0.1) is 0 Å². The summed E-state index contributed by atoms with van der Waals surface area (Å²) in [5.41, 5.74) is 3.18. The van der Waals surface area contributed by atoms with Crippen LogP contribution in [-0.4, -0.2) is 20.7 Å². The number of benzene rings is 1. The monoisotopic (exact) mass is 313 g/mol. The molecule has 0 atom stereocenters. The number of imidazole rings is 1. The summed E-state index contributed by atoms with van der Waals surface area (Å²) >= 11 is 5.97. The average Bonchev–Trinajstić information content (AvgIpc) is 3.04. The fourth-order valence-corrected chi connectivity index (χ4v) is 2.62. The Labute approximate surface area is 128 Å². The van der Waals surface area contributed by atoms with Crippen molar-refractivity contribution in [2.45, 2.75) is 0 Å². The largest absolute Gasteiger partial charge is 0.417 e. The van der Waals surface area contributed by atoms with Gasteiger partial charge >= 0.3 is 5.76 Å². The van der Waals surface area contributed by atoms with E-state index in [0.717, 1.165) is 6.29 Å². The second kappa shape index (κ2) is 4.57. The first-order valence-corrected chi connectivity index (χ1v) is 6.79. The first kappa shape index (κ1) is 12.8. The molecule has 0 spiro atoms. The number of halogens is 1. The number of rotatable bonds is 2. The molecule has 0 saturated heterocycles. The van der Waals surface area contributed by atoms with Crippen molar-refractivity contribution >= 4 is 34.6 Å². The number of hydrogen-bond acceptors (Lipinski definition) is 4. The van der Waals surface area contributed by atoms with E-state index in [9.17, 15) is 9.59 Å². The van der Waals surface area contributed by atoms with Crippen molar-refractivity contribution in [2.24, 2.45) is 0 Å². The van der Waals surface area contributed by atoms with Crippen LogP contribution in [0.5, 0.6) is 0 Å². The second-order valence-corrected chi connectivity index (χ2v) is 5.20. The molecular formula is C15H8ClN3O3. The summed E-state index contributed by atoms with van der Waals surface area (Å²) in [6, 6.07) is 8.58. The molecule has 0 amide bonds. The first-order valence-electron chi connectivity index (χ1n) is 6.42. The van der Waals surface area contributed by atoms with Gasteiger partial charge < -0.3 is 4.42 Å². The standard InChI is InChI=1S/C15H8ClN3O3/c16-9-2-4-13-18-14(11(7-20)19(13)6-9)8-1-3-10-12(5-8)22-15(21)17-10/h1-7H,(H,17,21). The quantitative estimate of drug-likeness (QED) is 0.577. The number of aldehydes is 1. The SMILES string of the molecule is O=Cc1c(-c2ccc3[nH]c(=O)oc3c2)nc2ccc(Cl)cn12. The van der Waals surface area contributed by atoms with E-state index >= 15 is 0 Å². The zero-order valence-electron chi connectivity index (χ0n) is 11.0. The Hall–Kier alpha value is -2.86. The van der Waals surface area contributed by atoms with Crippen LogP contribution in [0.2, 0.25) is 5.02 Å². The minimum atomic E-state index is -0.524. The molecule has 0 radical (unpaired) electrons. The number of nitrogens with zero attached hydrogens (tertiary/aromatic N) is 2. The fraction of sp³-hybridized carbons (Fsp3) is 0. The van der Waals surface area contributed by atoms with Crippen molar-refractivity contribution in [3.8, 4) is 11.3 Å². The normalized spacial score (nSPS) is 11.3. The van der Waals surface area contributed by atoms with Crippen molar-refractivity contribution in [3.05, 3.63) is 57.8 Å². The van der Waals surface area contributed by atoms with E-state index in [4.69, 9.17) is 16.0 Å². The molecule has 7 heteroatoms. The summed E-state index contributed by atoms with van der Waals surface area (Å²) in [6.45, 7) is 0. The van der Waals surface area contributed by atoms with Crippen molar-refractivity contribution in [3.63, 3.8) is 0 Å². The van der Waals surface area contributed by atoms with Gasteiger partial charge in [0.15, 0.2) is 11.9 Å². The number of carbonyl (C=O) groups is 1. The van der Waals surface area contributed by atoms with Crippen LogP contribution in [0.3, 0.4) is 0 Å². The number of nitrogens with one attached hydrogen (secondary N) is 1. The highest BCUT2D eigenvalue weighted by molar-refractivity contribution is 6.30. The van der Waals surface area contributed by atoms with Gasteiger partial charge in [-0.05, 0) is 24.3 Å². The third-order valence-electron chi connectivity index (χ3n) is 3.43. The van der Waals surface area contributed by atoms with E-state index in [1.165, 1.54) is 0 Å². The van der Waals surface area contributed by atoms with Crippen LogP contribution in [0.25, 0.3) is 28.0 Å². The Balaban J connectivity index is 2.02. The maximum absolute atomic E-state index is 11.5. The number of carbonyl (C=O) groups excluding carboxylic acids is 1.